The van der Waals surface area contributed by atoms with E-state index < -0.39 is 0 Å². The summed E-state index contributed by atoms with van der Waals surface area (Å²) in [6, 6.07) is 5.55. The van der Waals surface area contributed by atoms with Gasteiger partial charge in [0.1, 0.15) is 5.75 Å². The lowest BCUT2D eigenvalue weighted by molar-refractivity contribution is 0.0782. The molecule has 0 saturated carbocycles. The first-order valence-electron chi connectivity index (χ1n) is 6.24. The summed E-state index contributed by atoms with van der Waals surface area (Å²) in [4.78, 5) is 16.3. The molecule has 1 unspecified atom stereocenters. The first-order valence-corrected chi connectivity index (χ1v) is 6.24. The van der Waals surface area contributed by atoms with Gasteiger partial charge >= 0.3 is 0 Å². The molecule has 1 N–H and O–H groups in total. The Kier molecular flexibility index (Phi) is 3.57. The first-order chi connectivity index (χ1) is 8.49. The van der Waals surface area contributed by atoms with E-state index in [-0.39, 0.29) is 11.7 Å². The second-order valence-corrected chi connectivity index (χ2v) is 5.16. The van der Waals surface area contributed by atoms with Crippen LogP contribution in [0, 0.1) is 6.92 Å². The van der Waals surface area contributed by atoms with Crippen molar-refractivity contribution in [3.63, 3.8) is 0 Å². The van der Waals surface area contributed by atoms with Crippen molar-refractivity contribution in [2.45, 2.75) is 19.4 Å². The number of phenols is 1. The smallest absolute Gasteiger partial charge is 0.254 e. The Hall–Kier alpha value is -1.55. The lowest BCUT2D eigenvalue weighted by atomic mass is 10.1. The van der Waals surface area contributed by atoms with Crippen molar-refractivity contribution in [1.82, 2.24) is 9.80 Å². The minimum atomic E-state index is 0.00894. The number of aryl methyl sites for hydroxylation is 1. The van der Waals surface area contributed by atoms with Crippen LogP contribution in [0.5, 0.6) is 5.75 Å². The molecule has 1 saturated heterocycles. The second kappa shape index (κ2) is 4.98. The van der Waals surface area contributed by atoms with Crippen LogP contribution in [0.25, 0.3) is 0 Å². The number of aromatic hydroxyl groups is 1. The second-order valence-electron chi connectivity index (χ2n) is 5.16. The highest BCUT2D eigenvalue weighted by Crippen LogP contribution is 2.21. The van der Waals surface area contributed by atoms with Crippen LogP contribution in [-0.4, -0.2) is 54.0 Å². The van der Waals surface area contributed by atoms with Gasteiger partial charge in [0, 0.05) is 24.7 Å². The Morgan fingerprint density at radius 1 is 1.44 bits per heavy atom. The number of likely N-dealkylation sites (tertiary alicyclic amines) is 1. The van der Waals surface area contributed by atoms with Crippen molar-refractivity contribution in [3.8, 4) is 5.75 Å². The van der Waals surface area contributed by atoms with E-state index in [1.165, 1.54) is 0 Å². The van der Waals surface area contributed by atoms with Gasteiger partial charge in [-0.1, -0.05) is 6.07 Å². The monoisotopic (exact) mass is 248 g/mol. The van der Waals surface area contributed by atoms with Crippen LogP contribution < -0.4 is 0 Å². The fourth-order valence-electron chi connectivity index (χ4n) is 2.27. The normalized spacial score (nSPS) is 19.6. The predicted molar refractivity (Wildman–Crippen MR) is 70.8 cm³/mol. The molecular weight excluding hydrogens is 228 g/mol. The average molecular weight is 248 g/mol. The Bertz CT molecular complexity index is 457. The van der Waals surface area contributed by atoms with Gasteiger partial charge in [-0.3, -0.25) is 4.79 Å². The summed E-state index contributed by atoms with van der Waals surface area (Å²) < 4.78 is 0. The maximum atomic E-state index is 12.3. The number of hydrogen-bond acceptors (Lipinski definition) is 3. The molecule has 1 heterocycles. The van der Waals surface area contributed by atoms with Gasteiger partial charge in [0.2, 0.25) is 0 Å². The molecule has 2 rings (SSSR count). The molecule has 1 atom stereocenters. The van der Waals surface area contributed by atoms with E-state index in [4.69, 9.17) is 0 Å². The lowest BCUT2D eigenvalue weighted by Gasteiger charge is -2.20. The van der Waals surface area contributed by atoms with E-state index in [1.807, 2.05) is 25.9 Å². The number of carbonyl (C=O) groups is 1. The molecule has 1 amide bonds. The molecule has 0 aromatic heterocycles. The number of benzene rings is 1. The number of phenolic OH excluding ortho intramolecular Hbond substituents is 1. The highest BCUT2D eigenvalue weighted by atomic mass is 16.3. The van der Waals surface area contributed by atoms with Gasteiger partial charge in [-0.15, -0.1) is 0 Å². The highest BCUT2D eigenvalue weighted by Gasteiger charge is 2.28. The predicted octanol–water partition coefficient (Wildman–Crippen LogP) is 1.48. The third-order valence-corrected chi connectivity index (χ3v) is 3.64. The van der Waals surface area contributed by atoms with Crippen LogP contribution in [-0.2, 0) is 0 Å². The summed E-state index contributed by atoms with van der Waals surface area (Å²) >= 11 is 0. The number of rotatable bonds is 2. The quantitative estimate of drug-likeness (QED) is 0.862. The van der Waals surface area contributed by atoms with Gasteiger partial charge in [-0.25, -0.2) is 0 Å². The van der Waals surface area contributed by atoms with Crippen LogP contribution in [0.1, 0.15) is 22.3 Å². The van der Waals surface area contributed by atoms with E-state index in [0.717, 1.165) is 25.1 Å². The minimum absolute atomic E-state index is 0.00894. The standard InChI is InChI=1S/C14H20N2O2/c1-10-4-5-11(8-13(10)17)14(18)16-7-6-12(9-16)15(2)3/h4-5,8,12,17H,6-7,9H2,1-3H3. The van der Waals surface area contributed by atoms with Gasteiger partial charge in [0.25, 0.3) is 5.91 Å². The Labute approximate surface area is 108 Å². The van der Waals surface area contributed by atoms with E-state index in [1.54, 1.807) is 18.2 Å². The SMILES string of the molecule is Cc1ccc(C(=O)N2CCC(N(C)C)C2)cc1O. The van der Waals surface area contributed by atoms with Crippen molar-refractivity contribution in [2.24, 2.45) is 0 Å². The van der Waals surface area contributed by atoms with E-state index in [2.05, 4.69) is 4.90 Å². The molecule has 0 bridgehead atoms. The van der Waals surface area contributed by atoms with Crippen molar-refractivity contribution in [3.05, 3.63) is 29.3 Å². The molecule has 4 nitrogen and oxygen atoms in total. The molecule has 0 radical (unpaired) electrons. The lowest BCUT2D eigenvalue weighted by Crippen LogP contribution is -2.34. The zero-order valence-corrected chi connectivity index (χ0v) is 11.2. The van der Waals surface area contributed by atoms with Crippen LogP contribution in [0.2, 0.25) is 0 Å². The van der Waals surface area contributed by atoms with Gasteiger partial charge < -0.3 is 14.9 Å². The summed E-state index contributed by atoms with van der Waals surface area (Å²) in [6.45, 7) is 3.37. The fourth-order valence-corrected chi connectivity index (χ4v) is 2.27. The van der Waals surface area contributed by atoms with Gasteiger partial charge in [-0.05, 0) is 45.1 Å². The minimum Gasteiger partial charge on any atom is -0.508 e. The summed E-state index contributed by atoms with van der Waals surface area (Å²) in [7, 11) is 4.08. The molecule has 1 aromatic carbocycles. The van der Waals surface area contributed by atoms with E-state index in [0.29, 0.717) is 11.6 Å². The zero-order valence-electron chi connectivity index (χ0n) is 11.2. The molecule has 0 aliphatic carbocycles. The van der Waals surface area contributed by atoms with Crippen molar-refractivity contribution >= 4 is 5.91 Å². The molecule has 98 valence electrons. The number of amides is 1. The number of likely N-dealkylation sites (N-methyl/N-ethyl adjacent to an activating group) is 1. The van der Waals surface area contributed by atoms with Crippen molar-refractivity contribution < 1.29 is 9.90 Å². The van der Waals surface area contributed by atoms with Crippen LogP contribution in [0.15, 0.2) is 18.2 Å². The largest absolute Gasteiger partial charge is 0.508 e. The third-order valence-electron chi connectivity index (χ3n) is 3.64. The van der Waals surface area contributed by atoms with Crippen LogP contribution in [0.4, 0.5) is 0 Å². The van der Waals surface area contributed by atoms with Crippen LogP contribution >= 0.6 is 0 Å². The molecule has 1 aliphatic rings. The molecule has 1 aliphatic heterocycles. The molecule has 1 aromatic rings. The topological polar surface area (TPSA) is 43.8 Å². The summed E-state index contributed by atoms with van der Waals surface area (Å²) in [6.07, 6.45) is 1.01. The summed E-state index contributed by atoms with van der Waals surface area (Å²) in [5, 5.41) is 9.65. The maximum Gasteiger partial charge on any atom is 0.254 e. The van der Waals surface area contributed by atoms with Crippen molar-refractivity contribution in [1.29, 1.82) is 0 Å². The number of carbonyl (C=O) groups excluding carboxylic acids is 1. The first kappa shape index (κ1) is 12.9. The highest BCUT2D eigenvalue weighted by molar-refractivity contribution is 5.95. The molecular formula is C14H20N2O2. The Morgan fingerprint density at radius 2 is 2.17 bits per heavy atom. The van der Waals surface area contributed by atoms with E-state index in [9.17, 15) is 9.90 Å². The molecule has 4 heteroatoms. The third kappa shape index (κ3) is 2.48. The zero-order chi connectivity index (χ0) is 13.3. The van der Waals surface area contributed by atoms with Gasteiger partial charge in [-0.2, -0.15) is 0 Å². The Balaban J connectivity index is 2.10. The molecule has 0 spiro atoms. The van der Waals surface area contributed by atoms with Gasteiger partial charge in [0.15, 0.2) is 0 Å². The summed E-state index contributed by atoms with van der Waals surface area (Å²) in [5.41, 5.74) is 1.36. The van der Waals surface area contributed by atoms with Gasteiger partial charge in [0.05, 0.1) is 0 Å². The Morgan fingerprint density at radius 3 is 2.72 bits per heavy atom. The van der Waals surface area contributed by atoms with E-state index >= 15 is 0 Å². The number of hydrogen-bond donors (Lipinski definition) is 1. The summed E-state index contributed by atoms with van der Waals surface area (Å²) in [5.74, 6) is 0.193. The average Bonchev–Trinajstić information content (AvgIpc) is 2.81. The number of nitrogens with zero attached hydrogens (tertiary/aromatic N) is 2. The molecule has 1 fully saturated rings. The van der Waals surface area contributed by atoms with Crippen molar-refractivity contribution in [2.75, 3.05) is 27.2 Å². The maximum absolute atomic E-state index is 12.3. The molecule has 18 heavy (non-hydrogen) atoms. The fraction of sp³-hybridized carbons (Fsp3) is 0.500. The van der Waals surface area contributed by atoms with Crippen LogP contribution in [0.3, 0.4) is 0 Å².